The monoisotopic (exact) mass is 375 g/mol. The zero-order valence-electron chi connectivity index (χ0n) is 2.79. The van der Waals surface area contributed by atoms with E-state index in [-0.39, 0.29) is 57.6 Å². The van der Waals surface area contributed by atoms with Crippen molar-refractivity contribution >= 4 is 6.74 Å². The summed E-state index contributed by atoms with van der Waals surface area (Å²) in [6, 6.07) is 0. The molecular formula is H2BFeNiWZn. The molecule has 0 saturated carbocycles. The molecule has 0 bridgehead atoms. The van der Waals surface area contributed by atoms with Crippen LogP contribution in [-0.2, 0) is 72.9 Å². The van der Waals surface area contributed by atoms with Gasteiger partial charge in [0.1, 0.15) is 0 Å². The molecule has 0 fully saturated rings. The van der Waals surface area contributed by atoms with Crippen molar-refractivity contribution in [1.82, 2.24) is 0 Å². The van der Waals surface area contributed by atoms with E-state index in [1.54, 1.807) is 6.74 Å². The summed E-state index contributed by atoms with van der Waals surface area (Å²) in [6.45, 7) is 1.62. The van der Waals surface area contributed by atoms with Gasteiger partial charge in [-0.05, 0) is 0 Å². The zero-order chi connectivity index (χ0) is 2.00. The molecule has 0 N–H and O–H groups in total. The molecule has 0 radical (unpaired) electrons. The van der Waals surface area contributed by atoms with Crippen LogP contribution in [0.3, 0.4) is 0 Å². The van der Waals surface area contributed by atoms with Crippen molar-refractivity contribution in [3.05, 3.63) is 0 Å². The minimum atomic E-state index is 0. The molecule has 0 aliphatic heterocycles. The summed E-state index contributed by atoms with van der Waals surface area (Å²) in [6.07, 6.45) is 0. The van der Waals surface area contributed by atoms with Crippen LogP contribution in [0.1, 0.15) is 0 Å². The molecule has 0 spiro atoms. The Morgan fingerprint density at radius 1 is 1.20 bits per heavy atom. The maximum absolute atomic E-state index is 3.88. The Hall–Kier alpha value is 2.39. The van der Waals surface area contributed by atoms with Crippen molar-refractivity contribution < 1.29 is 72.9 Å². The molecule has 0 aromatic rings. The van der Waals surface area contributed by atoms with E-state index in [4.69, 9.17) is 0 Å². The Bertz CT molecular complexity index is 11.6. The molecule has 0 aromatic heterocycles. The topological polar surface area (TPSA) is 0 Å². The molecule has 0 amide bonds. The van der Waals surface area contributed by atoms with Crippen LogP contribution in [0.2, 0.25) is 0 Å². The summed E-state index contributed by atoms with van der Waals surface area (Å²) >= 11 is 3.88. The van der Waals surface area contributed by atoms with Crippen molar-refractivity contribution in [1.29, 1.82) is 0 Å². The standard InChI is InChI=1S/BH2.Fe.Ni.W.Zn/h1H2;;;;/q+1;;-1;;. The fraction of sp³-hybridized carbons (Fsp3) is 0. The van der Waals surface area contributed by atoms with Crippen molar-refractivity contribution in [3.8, 4) is 0 Å². The van der Waals surface area contributed by atoms with Crippen molar-refractivity contribution in [2.24, 2.45) is 0 Å². The molecule has 0 aliphatic rings. The summed E-state index contributed by atoms with van der Waals surface area (Å²) in [4.78, 5) is 0. The third kappa shape index (κ3) is 21.6. The van der Waals surface area contributed by atoms with Gasteiger partial charge in [-0.1, -0.05) is 0 Å². The molecule has 0 nitrogen and oxygen atoms in total. The van der Waals surface area contributed by atoms with Gasteiger partial charge in [-0.25, -0.2) is 0 Å². The van der Waals surface area contributed by atoms with Crippen molar-refractivity contribution in [3.63, 3.8) is 0 Å². The molecule has 0 atom stereocenters. The van der Waals surface area contributed by atoms with Crippen LogP contribution in [0.25, 0.3) is 0 Å². The first-order chi connectivity index (χ1) is 1.00. The van der Waals surface area contributed by atoms with E-state index in [1.165, 1.54) is 0 Å². The molecule has 5 heavy (non-hydrogen) atoms. The second-order valence-electron chi connectivity index (χ2n) is 0. The first kappa shape index (κ1) is 26.3. The van der Waals surface area contributed by atoms with E-state index in [2.05, 4.69) is 15.3 Å². The third-order valence-electron chi connectivity index (χ3n) is 0. The second kappa shape index (κ2) is 32.5. The predicted octanol–water partition coefficient (Wildman–Crippen LogP) is -0.926. The number of hydrogen-bond donors (Lipinski definition) is 0. The molecule has 0 aromatic carbocycles. The molecule has 0 unspecified atom stereocenters. The van der Waals surface area contributed by atoms with Crippen LogP contribution >= 0.6 is 0 Å². The predicted molar refractivity (Wildman–Crippen MR) is 8.54 cm³/mol. The molecule has 0 saturated heterocycles. The van der Waals surface area contributed by atoms with Gasteiger partial charge >= 0.3 is 22.0 Å². The van der Waals surface area contributed by atoms with Gasteiger partial charge in [0.2, 0.25) is 0 Å². The molecule has 0 aliphatic carbocycles. The summed E-state index contributed by atoms with van der Waals surface area (Å²) < 4.78 is 0. The van der Waals surface area contributed by atoms with Crippen LogP contribution in [0.5, 0.6) is 0 Å². The van der Waals surface area contributed by atoms with Crippen LogP contribution in [0.15, 0.2) is 0 Å². The van der Waals surface area contributed by atoms with Gasteiger partial charge in [0.25, 0.3) is 0 Å². The number of rotatable bonds is 0. The minimum absolute atomic E-state index is 0. The Morgan fingerprint density at radius 2 is 1.20 bits per heavy atom. The smallest absolute Gasteiger partial charge is 0 e. The van der Waals surface area contributed by atoms with Crippen LogP contribution in [0.4, 0.5) is 0 Å². The third-order valence-corrected chi connectivity index (χ3v) is 0. The maximum Gasteiger partial charge on any atom is 0 e. The Morgan fingerprint density at radius 3 is 1.20 bits per heavy atom. The Labute approximate surface area is 78.7 Å². The van der Waals surface area contributed by atoms with Crippen molar-refractivity contribution in [2.75, 3.05) is 0 Å². The van der Waals surface area contributed by atoms with Crippen LogP contribution < -0.4 is 0 Å². The van der Waals surface area contributed by atoms with E-state index in [1.807, 2.05) is 0 Å². The van der Waals surface area contributed by atoms with Gasteiger partial charge in [-0.3, -0.25) is 0 Å². The number of hydrogen-bond acceptors (Lipinski definition) is 0. The van der Waals surface area contributed by atoms with Gasteiger partial charge in [-0.15, -0.1) is 0 Å². The molecular weight excluding hydrogens is 375 g/mol. The molecule has 5 heteroatoms. The first-order valence-corrected chi connectivity index (χ1v) is 1.30. The van der Waals surface area contributed by atoms with Gasteiger partial charge < -0.3 is 0 Å². The van der Waals surface area contributed by atoms with E-state index in [0.717, 1.165) is 0 Å². The largest absolute Gasteiger partial charge is 0 e. The fourth-order valence-corrected chi connectivity index (χ4v) is 0. The average Bonchev–Trinajstić information content (AvgIpc) is 1.00. The Balaban J connectivity index is -0.00000000167. The average molecular weight is 377 g/mol. The van der Waals surface area contributed by atoms with E-state index in [9.17, 15) is 0 Å². The summed E-state index contributed by atoms with van der Waals surface area (Å²) in [7, 11) is 0. The second-order valence-corrected chi connectivity index (χ2v) is 0. The summed E-state index contributed by atoms with van der Waals surface area (Å²) in [5.41, 5.74) is 0. The maximum atomic E-state index is 3.88. The molecule has 31 valence electrons. The fourth-order valence-electron chi connectivity index (χ4n) is 0. The van der Waals surface area contributed by atoms with Gasteiger partial charge in [0.15, 0.2) is 0 Å². The molecule has 0 rings (SSSR count). The first-order valence-electron chi connectivity index (χ1n) is 0.316. The van der Waals surface area contributed by atoms with E-state index >= 15 is 0 Å². The SMILES string of the molecule is [BH2][Ni].[Fe].[W].[Zn]. The normalized spacial score (nSPS) is 1.20. The van der Waals surface area contributed by atoms with Crippen LogP contribution in [-0.4, -0.2) is 6.74 Å². The van der Waals surface area contributed by atoms with Gasteiger partial charge in [0, 0.05) is 57.6 Å². The van der Waals surface area contributed by atoms with Crippen LogP contribution in [0, 0.1) is 0 Å². The Kier molecular flexibility index (Phi) is 171. The summed E-state index contributed by atoms with van der Waals surface area (Å²) in [5.74, 6) is 0. The minimum Gasteiger partial charge on any atom is 0 e. The molecule has 0 heterocycles. The van der Waals surface area contributed by atoms with Gasteiger partial charge in [0.05, 0.1) is 0 Å². The quantitative estimate of drug-likeness (QED) is 0.480. The zero-order valence-corrected chi connectivity index (χ0v) is 10.8. The van der Waals surface area contributed by atoms with Gasteiger partial charge in [-0.2, -0.15) is 0 Å². The van der Waals surface area contributed by atoms with E-state index < -0.39 is 0 Å². The summed E-state index contributed by atoms with van der Waals surface area (Å²) in [5, 5.41) is 0. The van der Waals surface area contributed by atoms with Crippen molar-refractivity contribution in [2.45, 2.75) is 0 Å². The van der Waals surface area contributed by atoms with E-state index in [0.29, 0.717) is 0 Å².